The highest BCUT2D eigenvalue weighted by atomic mass is 16.3. The summed E-state index contributed by atoms with van der Waals surface area (Å²) in [7, 11) is 0. The van der Waals surface area contributed by atoms with Crippen LogP contribution in [0, 0.1) is 6.92 Å². The number of piperidine rings is 1. The molecule has 2 N–H and O–H groups in total. The maximum absolute atomic E-state index is 12.3. The normalized spacial score (nSPS) is 15.4. The second-order valence-corrected chi connectivity index (χ2v) is 6.15. The van der Waals surface area contributed by atoms with Crippen molar-refractivity contribution >= 4 is 11.7 Å². The molecule has 2 aromatic carbocycles. The van der Waals surface area contributed by atoms with Gasteiger partial charge in [-0.1, -0.05) is 29.8 Å². The van der Waals surface area contributed by atoms with E-state index < -0.39 is 0 Å². The van der Waals surface area contributed by atoms with Crippen LogP contribution in [0.1, 0.15) is 29.9 Å². The molecule has 1 fully saturated rings. The third-order valence-corrected chi connectivity index (χ3v) is 4.45. The molecule has 0 unspecified atom stereocenters. The summed E-state index contributed by atoms with van der Waals surface area (Å²) in [5, 5.41) is 12.3. The van der Waals surface area contributed by atoms with Crippen LogP contribution in [0.25, 0.3) is 0 Å². The van der Waals surface area contributed by atoms with Crippen LogP contribution in [-0.4, -0.2) is 29.1 Å². The molecule has 2 aromatic rings. The van der Waals surface area contributed by atoms with E-state index in [0.717, 1.165) is 31.6 Å². The van der Waals surface area contributed by atoms with Crippen molar-refractivity contribution in [3.8, 4) is 5.75 Å². The molecule has 3 rings (SSSR count). The molecule has 0 spiro atoms. The zero-order valence-corrected chi connectivity index (χ0v) is 13.3. The molecule has 0 radical (unpaired) electrons. The van der Waals surface area contributed by atoms with Crippen LogP contribution >= 0.6 is 0 Å². The molecule has 0 aliphatic carbocycles. The molecule has 1 saturated heterocycles. The number of hydrogen-bond donors (Lipinski definition) is 2. The topological polar surface area (TPSA) is 52.6 Å². The van der Waals surface area contributed by atoms with E-state index in [9.17, 15) is 9.90 Å². The van der Waals surface area contributed by atoms with Crippen molar-refractivity contribution in [2.24, 2.45) is 0 Å². The highest BCUT2D eigenvalue weighted by Crippen LogP contribution is 2.29. The van der Waals surface area contributed by atoms with E-state index in [-0.39, 0.29) is 6.03 Å². The summed E-state index contributed by atoms with van der Waals surface area (Å²) >= 11 is 0. The predicted molar refractivity (Wildman–Crippen MR) is 91.9 cm³/mol. The maximum atomic E-state index is 12.3. The van der Waals surface area contributed by atoms with Crippen LogP contribution in [-0.2, 0) is 0 Å². The van der Waals surface area contributed by atoms with E-state index in [4.69, 9.17) is 0 Å². The summed E-state index contributed by atoms with van der Waals surface area (Å²) in [6, 6.07) is 15.2. The lowest BCUT2D eigenvalue weighted by molar-refractivity contribution is 0.194. The molecule has 1 heterocycles. The number of urea groups is 1. The molecular formula is C19H22N2O2. The third-order valence-electron chi connectivity index (χ3n) is 4.45. The lowest BCUT2D eigenvalue weighted by Crippen LogP contribution is -2.40. The first-order chi connectivity index (χ1) is 11.1. The number of phenols is 1. The summed E-state index contributed by atoms with van der Waals surface area (Å²) in [5.41, 5.74) is 3.25. The molecule has 2 amide bonds. The molecule has 0 bridgehead atoms. The average molecular weight is 310 g/mol. The number of carbonyl (C=O) groups excluding carboxylic acids is 1. The smallest absolute Gasteiger partial charge is 0.321 e. The second kappa shape index (κ2) is 6.73. The van der Waals surface area contributed by atoms with E-state index >= 15 is 0 Å². The summed E-state index contributed by atoms with van der Waals surface area (Å²) < 4.78 is 0. The highest BCUT2D eigenvalue weighted by molar-refractivity contribution is 5.89. The molecule has 0 atom stereocenters. The van der Waals surface area contributed by atoms with Crippen molar-refractivity contribution in [1.82, 2.24) is 4.90 Å². The van der Waals surface area contributed by atoms with Gasteiger partial charge >= 0.3 is 6.03 Å². The van der Waals surface area contributed by atoms with Crippen molar-refractivity contribution in [2.75, 3.05) is 18.4 Å². The SMILES string of the molecule is Cc1ccc(NC(=O)N2CCC(c3ccc(O)cc3)CC2)cc1. The first-order valence-corrected chi connectivity index (χ1v) is 8.03. The van der Waals surface area contributed by atoms with Crippen molar-refractivity contribution in [3.63, 3.8) is 0 Å². The molecule has 1 aliphatic rings. The van der Waals surface area contributed by atoms with E-state index in [1.54, 1.807) is 12.1 Å². The number of likely N-dealkylation sites (tertiary alicyclic amines) is 1. The zero-order valence-electron chi connectivity index (χ0n) is 13.3. The van der Waals surface area contributed by atoms with Crippen LogP contribution in [0.4, 0.5) is 10.5 Å². The third kappa shape index (κ3) is 3.83. The number of aryl methyl sites for hydroxylation is 1. The Hall–Kier alpha value is -2.49. The van der Waals surface area contributed by atoms with Gasteiger partial charge in [-0.05, 0) is 55.5 Å². The Morgan fingerprint density at radius 2 is 1.65 bits per heavy atom. The van der Waals surface area contributed by atoms with Crippen LogP contribution in [0.15, 0.2) is 48.5 Å². The largest absolute Gasteiger partial charge is 0.508 e. The summed E-state index contributed by atoms with van der Waals surface area (Å²) in [5.74, 6) is 0.752. The first-order valence-electron chi connectivity index (χ1n) is 8.03. The van der Waals surface area contributed by atoms with Gasteiger partial charge in [0, 0.05) is 18.8 Å². The number of nitrogens with zero attached hydrogens (tertiary/aromatic N) is 1. The quantitative estimate of drug-likeness (QED) is 0.877. The highest BCUT2D eigenvalue weighted by Gasteiger charge is 2.23. The molecule has 4 heteroatoms. The van der Waals surface area contributed by atoms with Gasteiger partial charge in [0.05, 0.1) is 0 Å². The number of aromatic hydroxyl groups is 1. The van der Waals surface area contributed by atoms with E-state index in [0.29, 0.717) is 11.7 Å². The van der Waals surface area contributed by atoms with Crippen molar-refractivity contribution in [2.45, 2.75) is 25.7 Å². The zero-order chi connectivity index (χ0) is 16.2. The Morgan fingerprint density at radius 3 is 2.26 bits per heavy atom. The predicted octanol–water partition coefficient (Wildman–Crippen LogP) is 4.11. The molecule has 120 valence electrons. The maximum Gasteiger partial charge on any atom is 0.321 e. The van der Waals surface area contributed by atoms with Crippen molar-refractivity contribution < 1.29 is 9.90 Å². The lowest BCUT2D eigenvalue weighted by Gasteiger charge is -2.32. The Labute approximate surface area is 136 Å². The van der Waals surface area contributed by atoms with Crippen LogP contribution in [0.5, 0.6) is 5.75 Å². The number of benzene rings is 2. The molecule has 0 saturated carbocycles. The minimum absolute atomic E-state index is 0.0296. The number of carbonyl (C=O) groups is 1. The van der Waals surface area contributed by atoms with Gasteiger partial charge in [-0.15, -0.1) is 0 Å². The molecule has 0 aromatic heterocycles. The van der Waals surface area contributed by atoms with Gasteiger partial charge in [0.15, 0.2) is 0 Å². The van der Waals surface area contributed by atoms with Gasteiger partial charge in [-0.2, -0.15) is 0 Å². The van der Waals surface area contributed by atoms with Gasteiger partial charge in [-0.3, -0.25) is 0 Å². The minimum atomic E-state index is -0.0296. The van der Waals surface area contributed by atoms with E-state index in [1.807, 2.05) is 48.2 Å². The standard InChI is InChI=1S/C19H22N2O2/c1-14-2-6-17(7-3-14)20-19(23)21-12-10-16(11-13-21)15-4-8-18(22)9-5-15/h2-9,16,22H,10-13H2,1H3,(H,20,23). The summed E-state index contributed by atoms with van der Waals surface area (Å²) in [6.45, 7) is 3.53. The van der Waals surface area contributed by atoms with Gasteiger partial charge in [0.25, 0.3) is 0 Å². The fourth-order valence-corrected chi connectivity index (χ4v) is 3.00. The lowest BCUT2D eigenvalue weighted by atomic mass is 9.89. The van der Waals surface area contributed by atoms with Crippen LogP contribution < -0.4 is 5.32 Å². The Balaban J connectivity index is 1.54. The number of nitrogens with one attached hydrogen (secondary N) is 1. The van der Waals surface area contributed by atoms with E-state index in [1.165, 1.54) is 11.1 Å². The van der Waals surface area contributed by atoms with Gasteiger partial charge in [-0.25, -0.2) is 4.79 Å². The van der Waals surface area contributed by atoms with E-state index in [2.05, 4.69) is 5.32 Å². The number of anilines is 1. The first kappa shape index (κ1) is 15.4. The molecular weight excluding hydrogens is 288 g/mol. The van der Waals surface area contributed by atoms with Gasteiger partial charge in [0.2, 0.25) is 0 Å². The second-order valence-electron chi connectivity index (χ2n) is 6.15. The monoisotopic (exact) mass is 310 g/mol. The number of phenolic OH excluding ortho intramolecular Hbond substituents is 1. The van der Waals surface area contributed by atoms with Crippen molar-refractivity contribution in [1.29, 1.82) is 0 Å². The molecule has 23 heavy (non-hydrogen) atoms. The number of amides is 2. The molecule has 4 nitrogen and oxygen atoms in total. The van der Waals surface area contributed by atoms with Gasteiger partial charge < -0.3 is 15.3 Å². The Morgan fingerprint density at radius 1 is 1.04 bits per heavy atom. The number of hydrogen-bond acceptors (Lipinski definition) is 2. The Kier molecular flexibility index (Phi) is 4.51. The Bertz CT molecular complexity index is 657. The van der Waals surface area contributed by atoms with Crippen LogP contribution in [0.2, 0.25) is 0 Å². The fraction of sp³-hybridized carbons (Fsp3) is 0.316. The number of rotatable bonds is 2. The van der Waals surface area contributed by atoms with Crippen LogP contribution in [0.3, 0.4) is 0 Å². The van der Waals surface area contributed by atoms with Gasteiger partial charge in [0.1, 0.15) is 5.75 Å². The summed E-state index contributed by atoms with van der Waals surface area (Å²) in [6.07, 6.45) is 1.90. The minimum Gasteiger partial charge on any atom is -0.508 e. The molecule has 1 aliphatic heterocycles. The fourth-order valence-electron chi connectivity index (χ4n) is 3.00. The van der Waals surface area contributed by atoms with Crippen molar-refractivity contribution in [3.05, 3.63) is 59.7 Å². The summed E-state index contributed by atoms with van der Waals surface area (Å²) in [4.78, 5) is 14.2. The average Bonchev–Trinajstić information content (AvgIpc) is 2.58.